The van der Waals surface area contributed by atoms with Gasteiger partial charge in [0.25, 0.3) is 0 Å². The third kappa shape index (κ3) is 5.46. The predicted molar refractivity (Wildman–Crippen MR) is 95.4 cm³/mol. The Kier molecular flexibility index (Phi) is 5.85. The molecular weight excluding hydrogens is 318 g/mol. The number of urea groups is 1. The van der Waals surface area contributed by atoms with Gasteiger partial charge in [-0.25, -0.2) is 4.79 Å². The van der Waals surface area contributed by atoms with Gasteiger partial charge in [0.1, 0.15) is 12.4 Å². The summed E-state index contributed by atoms with van der Waals surface area (Å²) in [5.41, 5.74) is 1.71. The summed E-state index contributed by atoms with van der Waals surface area (Å²) >= 11 is 0. The highest BCUT2D eigenvalue weighted by atomic mass is 16.5. The Morgan fingerprint density at radius 2 is 1.92 bits per heavy atom. The third-order valence-corrected chi connectivity index (χ3v) is 4.27. The van der Waals surface area contributed by atoms with E-state index in [1.807, 2.05) is 36.4 Å². The van der Waals surface area contributed by atoms with Crippen LogP contribution in [0.5, 0.6) is 5.75 Å². The van der Waals surface area contributed by atoms with Crippen molar-refractivity contribution < 1.29 is 14.6 Å². The van der Waals surface area contributed by atoms with Crippen molar-refractivity contribution >= 4 is 11.7 Å². The lowest BCUT2D eigenvalue weighted by Crippen LogP contribution is -2.40. The molecule has 132 valence electrons. The Morgan fingerprint density at radius 3 is 2.60 bits per heavy atom. The van der Waals surface area contributed by atoms with Crippen LogP contribution in [0.15, 0.2) is 48.8 Å². The lowest BCUT2D eigenvalue weighted by atomic mass is 9.93. The summed E-state index contributed by atoms with van der Waals surface area (Å²) in [5.74, 6) is 0.732. The summed E-state index contributed by atoms with van der Waals surface area (Å²) in [5, 5.41) is 15.3. The Bertz CT molecular complexity index is 668. The Morgan fingerprint density at radius 1 is 1.16 bits per heavy atom. The van der Waals surface area contributed by atoms with Crippen LogP contribution >= 0.6 is 0 Å². The van der Waals surface area contributed by atoms with Crippen molar-refractivity contribution in [2.24, 2.45) is 0 Å². The van der Waals surface area contributed by atoms with Gasteiger partial charge in [0.2, 0.25) is 0 Å². The number of ether oxygens (including phenoxy) is 1. The SMILES string of the molecule is O=C(Nc1ccc(OCc2cccnc2)cc1)NC1CCC(O)CC1. The van der Waals surface area contributed by atoms with E-state index in [9.17, 15) is 9.90 Å². The van der Waals surface area contributed by atoms with E-state index < -0.39 is 0 Å². The van der Waals surface area contributed by atoms with Crippen LogP contribution in [0.3, 0.4) is 0 Å². The minimum Gasteiger partial charge on any atom is -0.489 e. The molecule has 2 amide bonds. The fourth-order valence-electron chi connectivity index (χ4n) is 2.86. The van der Waals surface area contributed by atoms with Crippen molar-refractivity contribution in [1.82, 2.24) is 10.3 Å². The molecule has 2 aromatic rings. The summed E-state index contributed by atoms with van der Waals surface area (Å²) in [4.78, 5) is 16.1. The molecule has 6 heteroatoms. The van der Waals surface area contributed by atoms with Crippen LogP contribution in [0, 0.1) is 0 Å². The van der Waals surface area contributed by atoms with Gasteiger partial charge in [-0.3, -0.25) is 4.98 Å². The van der Waals surface area contributed by atoms with Gasteiger partial charge in [-0.15, -0.1) is 0 Å². The van der Waals surface area contributed by atoms with Crippen molar-refractivity contribution in [3.05, 3.63) is 54.4 Å². The maximum Gasteiger partial charge on any atom is 0.319 e. The molecular formula is C19H23N3O3. The van der Waals surface area contributed by atoms with Gasteiger partial charge in [0.15, 0.2) is 0 Å². The summed E-state index contributed by atoms with van der Waals surface area (Å²) < 4.78 is 5.69. The monoisotopic (exact) mass is 341 g/mol. The van der Waals surface area contributed by atoms with Crippen molar-refractivity contribution in [3.63, 3.8) is 0 Å². The number of carbonyl (C=O) groups is 1. The van der Waals surface area contributed by atoms with Crippen molar-refractivity contribution in [2.45, 2.75) is 44.4 Å². The van der Waals surface area contributed by atoms with E-state index in [-0.39, 0.29) is 18.2 Å². The van der Waals surface area contributed by atoms with Gasteiger partial charge in [-0.05, 0) is 56.0 Å². The number of anilines is 1. The average molecular weight is 341 g/mol. The topological polar surface area (TPSA) is 83.5 Å². The highest BCUT2D eigenvalue weighted by Gasteiger charge is 2.20. The number of aliphatic hydroxyl groups excluding tert-OH is 1. The molecule has 0 spiro atoms. The molecule has 0 aliphatic heterocycles. The number of hydrogen-bond acceptors (Lipinski definition) is 4. The fraction of sp³-hybridized carbons (Fsp3) is 0.368. The molecule has 3 rings (SSSR count). The molecule has 1 aromatic heterocycles. The second kappa shape index (κ2) is 8.48. The normalized spacial score (nSPS) is 19.9. The molecule has 6 nitrogen and oxygen atoms in total. The van der Waals surface area contributed by atoms with Crippen LogP contribution in [0.4, 0.5) is 10.5 Å². The first kappa shape index (κ1) is 17.2. The molecule has 0 unspecified atom stereocenters. The molecule has 0 bridgehead atoms. The smallest absolute Gasteiger partial charge is 0.319 e. The Balaban J connectivity index is 1.44. The lowest BCUT2D eigenvalue weighted by Gasteiger charge is -2.26. The largest absolute Gasteiger partial charge is 0.489 e. The molecule has 25 heavy (non-hydrogen) atoms. The number of rotatable bonds is 5. The predicted octanol–water partition coefficient (Wildman–Crippen LogP) is 3.09. The molecule has 0 atom stereocenters. The van der Waals surface area contributed by atoms with Crippen LogP contribution in [0.25, 0.3) is 0 Å². The summed E-state index contributed by atoms with van der Waals surface area (Å²) in [6.07, 6.45) is 6.39. The van der Waals surface area contributed by atoms with Crippen molar-refractivity contribution in [2.75, 3.05) is 5.32 Å². The number of hydrogen-bond donors (Lipinski definition) is 3. The highest BCUT2D eigenvalue weighted by molar-refractivity contribution is 5.89. The van der Waals surface area contributed by atoms with Gasteiger partial charge < -0.3 is 20.5 Å². The molecule has 3 N–H and O–H groups in total. The molecule has 1 saturated carbocycles. The molecule has 1 fully saturated rings. The molecule has 1 aliphatic rings. The first-order valence-corrected chi connectivity index (χ1v) is 8.56. The summed E-state index contributed by atoms with van der Waals surface area (Å²) in [7, 11) is 0. The molecule has 1 aromatic carbocycles. The zero-order chi connectivity index (χ0) is 17.5. The maximum atomic E-state index is 12.0. The summed E-state index contributed by atoms with van der Waals surface area (Å²) in [6.45, 7) is 0.453. The number of benzene rings is 1. The Labute approximate surface area is 147 Å². The van der Waals surface area contributed by atoms with Crippen LogP contribution in [-0.4, -0.2) is 28.3 Å². The zero-order valence-electron chi connectivity index (χ0n) is 14.0. The van der Waals surface area contributed by atoms with E-state index >= 15 is 0 Å². The van der Waals surface area contributed by atoms with Crippen molar-refractivity contribution in [3.8, 4) is 5.75 Å². The first-order chi connectivity index (χ1) is 12.2. The van der Waals surface area contributed by atoms with Gasteiger partial charge in [-0.2, -0.15) is 0 Å². The quantitative estimate of drug-likeness (QED) is 0.780. The van der Waals surface area contributed by atoms with E-state index in [1.54, 1.807) is 12.4 Å². The fourth-order valence-corrected chi connectivity index (χ4v) is 2.86. The van der Waals surface area contributed by atoms with E-state index in [4.69, 9.17) is 4.74 Å². The van der Waals surface area contributed by atoms with Gasteiger partial charge >= 0.3 is 6.03 Å². The number of amides is 2. The molecule has 0 saturated heterocycles. The van der Waals surface area contributed by atoms with Gasteiger partial charge in [0.05, 0.1) is 6.10 Å². The number of aliphatic hydroxyl groups is 1. The number of aromatic nitrogens is 1. The first-order valence-electron chi connectivity index (χ1n) is 8.56. The second-order valence-electron chi connectivity index (χ2n) is 6.28. The molecule has 0 radical (unpaired) electrons. The van der Waals surface area contributed by atoms with Crippen LogP contribution < -0.4 is 15.4 Å². The Hall–Kier alpha value is -2.60. The van der Waals surface area contributed by atoms with Gasteiger partial charge in [0, 0.05) is 29.7 Å². The second-order valence-corrected chi connectivity index (χ2v) is 6.28. The summed E-state index contributed by atoms with van der Waals surface area (Å²) in [6, 6.07) is 11.0. The standard InChI is InChI=1S/C19H23N3O3/c23-17-7-3-15(4-8-17)21-19(24)22-16-5-9-18(10-6-16)25-13-14-2-1-11-20-12-14/h1-2,5-6,9-12,15,17,23H,3-4,7-8,13H2,(H2,21,22,24). The molecule has 1 aliphatic carbocycles. The van der Waals surface area contributed by atoms with Crippen LogP contribution in [0.2, 0.25) is 0 Å². The number of pyridine rings is 1. The lowest BCUT2D eigenvalue weighted by molar-refractivity contribution is 0.118. The van der Waals surface area contributed by atoms with Crippen molar-refractivity contribution in [1.29, 1.82) is 0 Å². The van der Waals surface area contributed by atoms with Gasteiger partial charge in [-0.1, -0.05) is 6.07 Å². The van der Waals surface area contributed by atoms with Crippen LogP contribution in [-0.2, 0) is 6.61 Å². The number of carbonyl (C=O) groups excluding carboxylic acids is 1. The van der Waals surface area contributed by atoms with Crippen LogP contribution in [0.1, 0.15) is 31.2 Å². The van der Waals surface area contributed by atoms with E-state index in [2.05, 4.69) is 15.6 Å². The highest BCUT2D eigenvalue weighted by Crippen LogP contribution is 2.19. The van der Waals surface area contributed by atoms with E-state index in [0.717, 1.165) is 37.0 Å². The minimum atomic E-state index is -0.222. The average Bonchev–Trinajstić information content (AvgIpc) is 2.64. The number of nitrogens with one attached hydrogen (secondary N) is 2. The number of nitrogens with zero attached hydrogens (tertiary/aromatic N) is 1. The maximum absolute atomic E-state index is 12.0. The van der Waals surface area contributed by atoms with E-state index in [1.165, 1.54) is 0 Å². The zero-order valence-corrected chi connectivity index (χ0v) is 14.0. The third-order valence-electron chi connectivity index (χ3n) is 4.27. The molecule has 1 heterocycles. The minimum absolute atomic E-state index is 0.130. The van der Waals surface area contributed by atoms with E-state index in [0.29, 0.717) is 12.3 Å².